The number of methoxy groups -OCH3 is 3. The molecule has 21 heavy (non-hydrogen) atoms. The van der Waals surface area contributed by atoms with E-state index in [0.29, 0.717) is 24.7 Å². The zero-order chi connectivity index (χ0) is 15.7. The number of hydrogen-bond donors (Lipinski definition) is 1. The van der Waals surface area contributed by atoms with Crippen LogP contribution in [-0.2, 0) is 15.3 Å². The molecule has 5 nitrogen and oxygen atoms in total. The van der Waals surface area contributed by atoms with Crippen molar-refractivity contribution in [3.8, 4) is 11.5 Å². The first-order chi connectivity index (χ1) is 10.1. The number of ether oxygens (including phenoxy) is 3. The van der Waals surface area contributed by atoms with Crippen molar-refractivity contribution in [3.05, 3.63) is 23.3 Å². The van der Waals surface area contributed by atoms with Crippen LogP contribution in [0.3, 0.4) is 0 Å². The summed E-state index contributed by atoms with van der Waals surface area (Å²) in [4.78, 5) is 11.6. The van der Waals surface area contributed by atoms with E-state index in [9.17, 15) is 4.79 Å². The molecule has 0 aliphatic carbocycles. The molecule has 1 rings (SSSR count). The van der Waals surface area contributed by atoms with Crippen LogP contribution in [0.25, 0.3) is 0 Å². The van der Waals surface area contributed by atoms with Gasteiger partial charge in [-0.05, 0) is 30.2 Å². The van der Waals surface area contributed by atoms with Crippen LogP contribution >= 0.6 is 11.8 Å². The third-order valence-corrected chi connectivity index (χ3v) is 3.94. The maximum Gasteiger partial charge on any atom is 0.230 e. The minimum Gasteiger partial charge on any atom is -0.493 e. The number of amides is 1. The second-order valence-electron chi connectivity index (χ2n) is 4.47. The van der Waals surface area contributed by atoms with Gasteiger partial charge in [0.25, 0.3) is 0 Å². The number of aryl methyl sites for hydroxylation is 1. The van der Waals surface area contributed by atoms with Gasteiger partial charge in [-0.2, -0.15) is 0 Å². The van der Waals surface area contributed by atoms with Gasteiger partial charge in [-0.25, -0.2) is 0 Å². The summed E-state index contributed by atoms with van der Waals surface area (Å²) in [6, 6.07) is 3.91. The predicted octanol–water partition coefficient (Wildman–Crippen LogP) is 2.01. The minimum absolute atomic E-state index is 0.0233. The van der Waals surface area contributed by atoms with Crippen molar-refractivity contribution in [2.45, 2.75) is 12.7 Å². The molecular formula is C15H23NO4S. The predicted molar refractivity (Wildman–Crippen MR) is 85.3 cm³/mol. The summed E-state index contributed by atoms with van der Waals surface area (Å²) >= 11 is 1.57. The Morgan fingerprint density at radius 1 is 1.19 bits per heavy atom. The van der Waals surface area contributed by atoms with Crippen molar-refractivity contribution in [3.63, 3.8) is 0 Å². The van der Waals surface area contributed by atoms with Gasteiger partial charge in [0.1, 0.15) is 0 Å². The van der Waals surface area contributed by atoms with E-state index >= 15 is 0 Å². The number of carbonyl (C=O) groups is 1. The number of rotatable bonds is 9. The Labute approximate surface area is 130 Å². The largest absolute Gasteiger partial charge is 0.493 e. The average molecular weight is 313 g/mol. The van der Waals surface area contributed by atoms with Gasteiger partial charge in [-0.1, -0.05) is 0 Å². The lowest BCUT2D eigenvalue weighted by Crippen LogP contribution is -2.28. The zero-order valence-corrected chi connectivity index (χ0v) is 13.8. The van der Waals surface area contributed by atoms with Crippen LogP contribution in [0, 0.1) is 6.92 Å². The van der Waals surface area contributed by atoms with Crippen molar-refractivity contribution in [2.75, 3.05) is 40.2 Å². The van der Waals surface area contributed by atoms with Gasteiger partial charge in [0, 0.05) is 19.4 Å². The van der Waals surface area contributed by atoms with Gasteiger partial charge < -0.3 is 19.5 Å². The number of hydrogen-bond acceptors (Lipinski definition) is 5. The lowest BCUT2D eigenvalue weighted by Gasteiger charge is -2.12. The zero-order valence-electron chi connectivity index (χ0n) is 13.0. The monoisotopic (exact) mass is 313 g/mol. The molecule has 0 spiro atoms. The summed E-state index contributed by atoms with van der Waals surface area (Å²) in [7, 11) is 4.85. The van der Waals surface area contributed by atoms with Crippen LogP contribution < -0.4 is 14.8 Å². The van der Waals surface area contributed by atoms with E-state index in [1.807, 2.05) is 19.1 Å². The van der Waals surface area contributed by atoms with Gasteiger partial charge in [-0.15, -0.1) is 11.8 Å². The van der Waals surface area contributed by atoms with Gasteiger partial charge in [-0.3, -0.25) is 4.79 Å². The summed E-state index contributed by atoms with van der Waals surface area (Å²) in [5.74, 6) is 2.64. The van der Waals surface area contributed by atoms with Crippen LogP contribution in [0.15, 0.2) is 12.1 Å². The fourth-order valence-electron chi connectivity index (χ4n) is 1.78. The summed E-state index contributed by atoms with van der Waals surface area (Å²) in [5.41, 5.74) is 2.27. The molecule has 0 bridgehead atoms. The highest BCUT2D eigenvalue weighted by Crippen LogP contribution is 2.31. The molecular weight excluding hydrogens is 290 g/mol. The van der Waals surface area contributed by atoms with Crippen molar-refractivity contribution in [1.29, 1.82) is 0 Å². The molecule has 1 aromatic rings. The van der Waals surface area contributed by atoms with Gasteiger partial charge in [0.15, 0.2) is 11.5 Å². The molecule has 0 atom stereocenters. The Hall–Kier alpha value is -1.40. The van der Waals surface area contributed by atoms with Crippen molar-refractivity contribution in [1.82, 2.24) is 5.32 Å². The van der Waals surface area contributed by atoms with E-state index in [1.165, 1.54) is 0 Å². The number of thioether (sulfide) groups is 1. The molecule has 0 aliphatic rings. The number of benzene rings is 1. The molecule has 0 saturated heterocycles. The minimum atomic E-state index is 0.0233. The molecule has 0 saturated carbocycles. The highest BCUT2D eigenvalue weighted by molar-refractivity contribution is 7.99. The first-order valence-electron chi connectivity index (χ1n) is 6.67. The van der Waals surface area contributed by atoms with E-state index in [0.717, 1.165) is 22.6 Å². The summed E-state index contributed by atoms with van der Waals surface area (Å²) in [5, 5.41) is 2.80. The molecule has 0 radical (unpaired) electrons. The Bertz CT molecular complexity index is 465. The van der Waals surface area contributed by atoms with Crippen molar-refractivity contribution in [2.24, 2.45) is 0 Å². The van der Waals surface area contributed by atoms with Gasteiger partial charge >= 0.3 is 0 Å². The Kier molecular flexibility index (Phi) is 8.00. The lowest BCUT2D eigenvalue weighted by atomic mass is 10.1. The highest BCUT2D eigenvalue weighted by Gasteiger charge is 2.09. The molecule has 1 amide bonds. The molecule has 118 valence electrons. The topological polar surface area (TPSA) is 56.8 Å². The molecule has 1 N–H and O–H groups in total. The molecule has 0 heterocycles. The van der Waals surface area contributed by atoms with E-state index in [4.69, 9.17) is 14.2 Å². The average Bonchev–Trinajstić information content (AvgIpc) is 2.48. The number of nitrogens with one attached hydrogen (secondary N) is 1. The molecule has 0 aromatic heterocycles. The first-order valence-corrected chi connectivity index (χ1v) is 7.82. The normalized spacial score (nSPS) is 10.3. The molecule has 6 heteroatoms. The number of carbonyl (C=O) groups excluding carboxylic acids is 1. The van der Waals surface area contributed by atoms with Gasteiger partial charge in [0.2, 0.25) is 5.91 Å². The maximum absolute atomic E-state index is 11.6. The third kappa shape index (κ3) is 5.85. The Morgan fingerprint density at radius 3 is 2.48 bits per heavy atom. The van der Waals surface area contributed by atoms with Crippen LogP contribution in [0.2, 0.25) is 0 Å². The Balaban J connectivity index is 2.50. The van der Waals surface area contributed by atoms with E-state index in [-0.39, 0.29) is 5.91 Å². The second kappa shape index (κ2) is 9.52. The standard InChI is InChI=1S/C15H23NO4S/c1-11-7-13(19-3)14(20-4)8-12(11)9-21-10-15(17)16-5-6-18-2/h7-8H,5-6,9-10H2,1-4H3,(H,16,17). The molecule has 0 fully saturated rings. The van der Waals surface area contributed by atoms with Crippen LogP contribution in [0.1, 0.15) is 11.1 Å². The summed E-state index contributed by atoms with van der Waals surface area (Å²) in [6.07, 6.45) is 0. The highest BCUT2D eigenvalue weighted by atomic mass is 32.2. The molecule has 0 unspecified atom stereocenters. The Morgan fingerprint density at radius 2 is 1.86 bits per heavy atom. The maximum atomic E-state index is 11.6. The fourth-order valence-corrected chi connectivity index (χ4v) is 2.70. The van der Waals surface area contributed by atoms with Crippen molar-refractivity contribution >= 4 is 17.7 Å². The third-order valence-electron chi connectivity index (χ3n) is 2.96. The van der Waals surface area contributed by atoms with E-state index in [1.54, 1.807) is 33.1 Å². The smallest absolute Gasteiger partial charge is 0.230 e. The fraction of sp³-hybridized carbons (Fsp3) is 0.533. The van der Waals surface area contributed by atoms with E-state index in [2.05, 4.69) is 5.32 Å². The van der Waals surface area contributed by atoms with Crippen LogP contribution in [0.4, 0.5) is 0 Å². The second-order valence-corrected chi connectivity index (χ2v) is 5.45. The van der Waals surface area contributed by atoms with Crippen LogP contribution in [-0.4, -0.2) is 46.1 Å². The summed E-state index contributed by atoms with van der Waals surface area (Å²) in [6.45, 7) is 3.10. The van der Waals surface area contributed by atoms with Gasteiger partial charge in [0.05, 0.1) is 26.6 Å². The quantitative estimate of drug-likeness (QED) is 0.707. The van der Waals surface area contributed by atoms with Crippen molar-refractivity contribution < 1.29 is 19.0 Å². The van der Waals surface area contributed by atoms with Crippen LogP contribution in [0.5, 0.6) is 11.5 Å². The summed E-state index contributed by atoms with van der Waals surface area (Å²) < 4.78 is 15.4. The molecule has 1 aromatic carbocycles. The van der Waals surface area contributed by atoms with E-state index < -0.39 is 0 Å². The molecule has 0 aliphatic heterocycles. The SMILES string of the molecule is COCCNC(=O)CSCc1cc(OC)c(OC)cc1C. The first kappa shape index (κ1) is 17.7. The lowest BCUT2D eigenvalue weighted by molar-refractivity contribution is -0.118.